The van der Waals surface area contributed by atoms with Gasteiger partial charge in [-0.15, -0.1) is 0 Å². The van der Waals surface area contributed by atoms with Crippen LogP contribution in [-0.2, 0) is 19.7 Å². The van der Waals surface area contributed by atoms with Crippen LogP contribution in [0.25, 0.3) is 0 Å². The summed E-state index contributed by atoms with van der Waals surface area (Å²) in [5.41, 5.74) is 2.66. The van der Waals surface area contributed by atoms with Gasteiger partial charge in [0.05, 0.1) is 6.61 Å². The van der Waals surface area contributed by atoms with Gasteiger partial charge in [-0.3, -0.25) is 0 Å². The van der Waals surface area contributed by atoms with Gasteiger partial charge in [0.2, 0.25) is 0 Å². The maximum Gasteiger partial charge on any atom is 0.422 e. The van der Waals surface area contributed by atoms with Crippen LogP contribution < -0.4 is 10.1 Å². The normalized spacial score (nSPS) is 11.5. The van der Waals surface area contributed by atoms with Gasteiger partial charge in [0.15, 0.2) is 6.61 Å². The van der Waals surface area contributed by atoms with Gasteiger partial charge < -0.3 is 15.2 Å². The van der Waals surface area contributed by atoms with E-state index >= 15 is 0 Å². The van der Waals surface area contributed by atoms with Gasteiger partial charge in [-0.2, -0.15) is 13.2 Å². The number of nitrogens with one attached hydrogen (secondary N) is 1. The molecule has 0 unspecified atom stereocenters. The van der Waals surface area contributed by atoms with Crippen molar-refractivity contribution in [1.29, 1.82) is 0 Å². The molecule has 0 aromatic heterocycles. The Morgan fingerprint density at radius 3 is 2.39 bits per heavy atom. The molecule has 0 amide bonds. The van der Waals surface area contributed by atoms with E-state index < -0.39 is 12.8 Å². The third-order valence-corrected chi connectivity index (χ3v) is 3.23. The number of benzene rings is 2. The first-order valence-electron chi connectivity index (χ1n) is 7.15. The highest BCUT2D eigenvalue weighted by Crippen LogP contribution is 2.19. The number of aliphatic hydroxyl groups is 1. The summed E-state index contributed by atoms with van der Waals surface area (Å²) in [7, 11) is 0. The van der Waals surface area contributed by atoms with Crippen molar-refractivity contribution >= 4 is 0 Å². The molecule has 0 aliphatic carbocycles. The van der Waals surface area contributed by atoms with E-state index in [9.17, 15) is 18.3 Å². The van der Waals surface area contributed by atoms with Crippen LogP contribution in [0.3, 0.4) is 0 Å². The van der Waals surface area contributed by atoms with Crippen LogP contribution in [-0.4, -0.2) is 17.9 Å². The number of rotatable bonds is 7. The molecule has 2 N–H and O–H groups in total. The third-order valence-electron chi connectivity index (χ3n) is 3.23. The summed E-state index contributed by atoms with van der Waals surface area (Å²) in [6.45, 7) is -0.278. The predicted octanol–water partition coefficient (Wildman–Crippen LogP) is 3.41. The molecule has 0 aliphatic rings. The van der Waals surface area contributed by atoms with Gasteiger partial charge in [-0.1, -0.05) is 36.4 Å². The van der Waals surface area contributed by atoms with E-state index in [1.807, 2.05) is 30.3 Å². The molecule has 0 radical (unpaired) electrons. The van der Waals surface area contributed by atoms with Crippen molar-refractivity contribution in [2.45, 2.75) is 25.9 Å². The van der Waals surface area contributed by atoms with Gasteiger partial charge >= 0.3 is 6.18 Å². The van der Waals surface area contributed by atoms with Crippen LogP contribution in [0.1, 0.15) is 16.7 Å². The summed E-state index contributed by atoms with van der Waals surface area (Å²) < 4.78 is 41.2. The molecule has 0 bridgehead atoms. The number of ether oxygens (including phenoxy) is 1. The number of alkyl halides is 3. The molecule has 0 saturated heterocycles. The molecule has 0 aliphatic heterocycles. The molecule has 3 nitrogen and oxygen atoms in total. The van der Waals surface area contributed by atoms with Crippen LogP contribution in [0, 0.1) is 0 Å². The van der Waals surface area contributed by atoms with Crippen LogP contribution >= 0.6 is 0 Å². The van der Waals surface area contributed by atoms with E-state index in [2.05, 4.69) is 5.32 Å². The first kappa shape index (κ1) is 17.3. The molecule has 0 atom stereocenters. The van der Waals surface area contributed by atoms with Gasteiger partial charge in [-0.25, -0.2) is 0 Å². The Bertz CT molecular complexity index is 629. The lowest BCUT2D eigenvalue weighted by Gasteiger charge is -2.11. The topological polar surface area (TPSA) is 41.5 Å². The van der Waals surface area contributed by atoms with Crippen molar-refractivity contribution in [3.8, 4) is 5.75 Å². The van der Waals surface area contributed by atoms with Crippen LogP contribution in [0.4, 0.5) is 13.2 Å². The number of aliphatic hydroxyl groups excluding tert-OH is 1. The van der Waals surface area contributed by atoms with Gasteiger partial charge in [-0.05, 0) is 28.8 Å². The van der Waals surface area contributed by atoms with Gasteiger partial charge in [0, 0.05) is 13.1 Å². The molecule has 2 aromatic rings. The highest BCUT2D eigenvalue weighted by molar-refractivity contribution is 5.29. The van der Waals surface area contributed by atoms with E-state index in [-0.39, 0.29) is 12.4 Å². The van der Waals surface area contributed by atoms with Crippen LogP contribution in [0.15, 0.2) is 48.5 Å². The highest BCUT2D eigenvalue weighted by atomic mass is 19.4. The van der Waals surface area contributed by atoms with Crippen molar-refractivity contribution in [2.24, 2.45) is 0 Å². The second-order valence-electron chi connectivity index (χ2n) is 5.08. The zero-order valence-electron chi connectivity index (χ0n) is 12.4. The summed E-state index contributed by atoms with van der Waals surface area (Å²) in [6.07, 6.45) is -4.34. The summed E-state index contributed by atoms with van der Waals surface area (Å²) in [5, 5.41) is 12.5. The van der Waals surface area contributed by atoms with Crippen LogP contribution in [0.2, 0.25) is 0 Å². The zero-order valence-corrected chi connectivity index (χ0v) is 12.4. The van der Waals surface area contributed by atoms with Crippen LogP contribution in [0.5, 0.6) is 5.75 Å². The lowest BCUT2D eigenvalue weighted by molar-refractivity contribution is -0.153. The lowest BCUT2D eigenvalue weighted by Crippen LogP contribution is -2.19. The fourth-order valence-corrected chi connectivity index (χ4v) is 2.14. The molecule has 0 spiro atoms. The lowest BCUT2D eigenvalue weighted by atomic mass is 10.1. The summed E-state index contributed by atoms with van der Waals surface area (Å²) in [6, 6.07) is 14.1. The Morgan fingerprint density at radius 2 is 1.70 bits per heavy atom. The third kappa shape index (κ3) is 5.92. The predicted molar refractivity (Wildman–Crippen MR) is 80.9 cm³/mol. The first-order valence-corrected chi connectivity index (χ1v) is 7.15. The van der Waals surface area contributed by atoms with Crippen molar-refractivity contribution in [1.82, 2.24) is 5.32 Å². The highest BCUT2D eigenvalue weighted by Gasteiger charge is 2.28. The average molecular weight is 325 g/mol. The summed E-state index contributed by atoms with van der Waals surface area (Å²) in [5.74, 6) is 0.192. The molecule has 124 valence electrons. The minimum absolute atomic E-state index is 0.0291. The zero-order chi connectivity index (χ0) is 16.7. The molecular weight excluding hydrogens is 307 g/mol. The average Bonchev–Trinajstić information content (AvgIpc) is 2.53. The smallest absolute Gasteiger partial charge is 0.422 e. The van der Waals surface area contributed by atoms with Gasteiger partial charge in [0.25, 0.3) is 0 Å². The number of halogens is 3. The fraction of sp³-hybridized carbons (Fsp3) is 0.294. The monoisotopic (exact) mass is 325 g/mol. The Kier molecular flexibility index (Phi) is 6.01. The minimum atomic E-state index is -4.34. The molecule has 23 heavy (non-hydrogen) atoms. The maximum absolute atomic E-state index is 12.1. The molecule has 0 fully saturated rings. The Balaban J connectivity index is 1.88. The second-order valence-corrected chi connectivity index (χ2v) is 5.08. The Labute approximate surface area is 132 Å². The van der Waals surface area contributed by atoms with E-state index in [1.165, 1.54) is 6.07 Å². The largest absolute Gasteiger partial charge is 0.484 e. The minimum Gasteiger partial charge on any atom is -0.484 e. The fourth-order valence-electron chi connectivity index (χ4n) is 2.14. The SMILES string of the molecule is OCc1ccccc1CNCc1cccc(OCC(F)(F)F)c1. The quantitative estimate of drug-likeness (QED) is 0.820. The van der Waals surface area contributed by atoms with Crippen molar-refractivity contribution in [3.05, 3.63) is 65.2 Å². The molecule has 2 aromatic carbocycles. The number of hydrogen-bond donors (Lipinski definition) is 2. The molecule has 0 saturated carbocycles. The van der Waals surface area contributed by atoms with Gasteiger partial charge in [0.1, 0.15) is 5.75 Å². The second kappa shape index (κ2) is 7.99. The van der Waals surface area contributed by atoms with Crippen molar-refractivity contribution in [2.75, 3.05) is 6.61 Å². The van der Waals surface area contributed by atoms with E-state index in [0.717, 1.165) is 16.7 Å². The van der Waals surface area contributed by atoms with E-state index in [0.29, 0.717) is 13.1 Å². The Hall–Kier alpha value is -2.05. The summed E-state index contributed by atoms with van der Waals surface area (Å²) in [4.78, 5) is 0. The molecular formula is C17H18F3NO2. The standard InChI is InChI=1S/C17H18F3NO2/c18-17(19,20)12-23-16-7-3-4-13(8-16)9-21-10-14-5-1-2-6-15(14)11-22/h1-8,21-22H,9-12H2. The first-order chi connectivity index (χ1) is 11.0. The van der Waals surface area contributed by atoms with Crippen molar-refractivity contribution in [3.63, 3.8) is 0 Å². The molecule has 0 heterocycles. The molecule has 6 heteroatoms. The maximum atomic E-state index is 12.1. The summed E-state index contributed by atoms with van der Waals surface area (Å²) >= 11 is 0. The van der Waals surface area contributed by atoms with Crippen molar-refractivity contribution < 1.29 is 23.0 Å². The van der Waals surface area contributed by atoms with E-state index in [4.69, 9.17) is 4.74 Å². The molecule has 2 rings (SSSR count). The number of hydrogen-bond acceptors (Lipinski definition) is 3. The van der Waals surface area contributed by atoms with E-state index in [1.54, 1.807) is 12.1 Å². The Morgan fingerprint density at radius 1 is 0.957 bits per heavy atom.